The zero-order valence-electron chi connectivity index (χ0n) is 12.5. The number of terminal acetylenes is 1. The molecule has 4 N–H and O–H groups in total. The standard InChI is InChI=1S/C16H20N4O2/c1-3-12-8-6-9-13-14(12)20(15(17)19-13)11(2)7-4-5-10-18-16(21)22/h1,6,8-9,11,18H,4-5,7,10H2,2H3,(H2,17,19)(H,21,22)/t11-/m0/s1. The number of benzene rings is 1. The van der Waals surface area contributed by atoms with E-state index in [0.717, 1.165) is 35.9 Å². The minimum Gasteiger partial charge on any atom is -0.465 e. The second-order valence-corrected chi connectivity index (χ2v) is 5.23. The Morgan fingerprint density at radius 2 is 2.32 bits per heavy atom. The van der Waals surface area contributed by atoms with Gasteiger partial charge in [0.1, 0.15) is 0 Å². The second kappa shape index (κ2) is 6.85. The van der Waals surface area contributed by atoms with Gasteiger partial charge in [0, 0.05) is 12.6 Å². The number of imidazole rings is 1. The van der Waals surface area contributed by atoms with Crippen LogP contribution in [0.25, 0.3) is 11.0 Å². The Labute approximate surface area is 129 Å². The van der Waals surface area contributed by atoms with Crippen LogP contribution in [0.2, 0.25) is 0 Å². The van der Waals surface area contributed by atoms with E-state index in [4.69, 9.17) is 17.3 Å². The predicted octanol–water partition coefficient (Wildman–Crippen LogP) is 2.60. The summed E-state index contributed by atoms with van der Waals surface area (Å²) in [5, 5.41) is 10.9. The first kappa shape index (κ1) is 15.7. The van der Waals surface area contributed by atoms with E-state index in [2.05, 4.69) is 23.1 Å². The summed E-state index contributed by atoms with van der Waals surface area (Å²) in [7, 11) is 0. The van der Waals surface area contributed by atoms with E-state index in [1.807, 2.05) is 22.8 Å². The molecule has 1 aromatic carbocycles. The summed E-state index contributed by atoms with van der Waals surface area (Å²) in [6.45, 7) is 2.52. The molecule has 22 heavy (non-hydrogen) atoms. The van der Waals surface area contributed by atoms with Crippen molar-refractivity contribution >= 4 is 23.1 Å². The Balaban J connectivity index is 2.11. The summed E-state index contributed by atoms with van der Waals surface area (Å²) in [4.78, 5) is 14.8. The van der Waals surface area contributed by atoms with Crippen LogP contribution in [-0.2, 0) is 0 Å². The van der Waals surface area contributed by atoms with Crippen LogP contribution in [0, 0.1) is 12.3 Å². The van der Waals surface area contributed by atoms with Gasteiger partial charge in [0.2, 0.25) is 5.95 Å². The van der Waals surface area contributed by atoms with E-state index in [9.17, 15) is 4.79 Å². The number of amides is 1. The Morgan fingerprint density at radius 1 is 1.55 bits per heavy atom. The van der Waals surface area contributed by atoms with Gasteiger partial charge < -0.3 is 20.7 Å². The number of nitrogens with two attached hydrogens (primary N) is 1. The van der Waals surface area contributed by atoms with Gasteiger partial charge in [-0.05, 0) is 38.3 Å². The van der Waals surface area contributed by atoms with Crippen molar-refractivity contribution in [1.29, 1.82) is 0 Å². The van der Waals surface area contributed by atoms with Gasteiger partial charge in [-0.25, -0.2) is 9.78 Å². The fourth-order valence-electron chi connectivity index (χ4n) is 2.62. The summed E-state index contributed by atoms with van der Waals surface area (Å²) in [5.41, 5.74) is 8.51. The van der Waals surface area contributed by atoms with Crippen molar-refractivity contribution in [2.24, 2.45) is 0 Å². The number of fused-ring (bicyclic) bond motifs is 1. The topological polar surface area (TPSA) is 93.2 Å². The molecule has 1 amide bonds. The molecular weight excluding hydrogens is 280 g/mol. The van der Waals surface area contributed by atoms with E-state index in [1.165, 1.54) is 0 Å². The van der Waals surface area contributed by atoms with Crippen molar-refractivity contribution in [1.82, 2.24) is 14.9 Å². The maximum Gasteiger partial charge on any atom is 0.404 e. The van der Waals surface area contributed by atoms with Crippen LogP contribution in [0.1, 0.15) is 37.8 Å². The number of nitrogen functional groups attached to an aromatic ring is 1. The summed E-state index contributed by atoms with van der Waals surface area (Å²) in [5.74, 6) is 3.13. The van der Waals surface area contributed by atoms with Crippen molar-refractivity contribution in [3.05, 3.63) is 23.8 Å². The number of anilines is 1. The van der Waals surface area contributed by atoms with Crippen molar-refractivity contribution in [3.8, 4) is 12.3 Å². The Bertz CT molecular complexity index is 715. The fourth-order valence-corrected chi connectivity index (χ4v) is 2.62. The molecule has 6 heteroatoms. The van der Waals surface area contributed by atoms with E-state index in [0.29, 0.717) is 12.5 Å². The van der Waals surface area contributed by atoms with Crippen LogP contribution in [0.4, 0.5) is 10.7 Å². The largest absolute Gasteiger partial charge is 0.465 e. The number of hydrogen-bond donors (Lipinski definition) is 3. The van der Waals surface area contributed by atoms with Crippen LogP contribution >= 0.6 is 0 Å². The highest BCUT2D eigenvalue weighted by atomic mass is 16.4. The molecule has 2 aromatic rings. The van der Waals surface area contributed by atoms with E-state index >= 15 is 0 Å². The monoisotopic (exact) mass is 300 g/mol. The van der Waals surface area contributed by atoms with Gasteiger partial charge in [-0.15, -0.1) is 6.42 Å². The fraction of sp³-hybridized carbons (Fsp3) is 0.375. The number of nitrogens with zero attached hydrogens (tertiary/aromatic N) is 2. The highest BCUT2D eigenvalue weighted by Gasteiger charge is 2.16. The lowest BCUT2D eigenvalue weighted by molar-refractivity contribution is 0.194. The van der Waals surface area contributed by atoms with Crippen LogP contribution in [0.15, 0.2) is 18.2 Å². The second-order valence-electron chi connectivity index (χ2n) is 5.23. The molecule has 0 aliphatic heterocycles. The summed E-state index contributed by atoms with van der Waals surface area (Å²) in [6.07, 6.45) is 7.12. The SMILES string of the molecule is C#Cc1cccc2nc(N)n([C@@H](C)CCCCNC(=O)O)c12. The minimum absolute atomic E-state index is 0.143. The molecule has 0 aliphatic carbocycles. The third-order valence-corrected chi connectivity index (χ3v) is 3.66. The number of hydrogen-bond acceptors (Lipinski definition) is 3. The number of carboxylic acid groups (broad SMARTS) is 1. The maximum atomic E-state index is 10.4. The molecule has 0 spiro atoms. The number of unbranched alkanes of at least 4 members (excludes halogenated alkanes) is 1. The summed E-state index contributed by atoms with van der Waals surface area (Å²) >= 11 is 0. The highest BCUT2D eigenvalue weighted by molar-refractivity contribution is 5.84. The quantitative estimate of drug-likeness (QED) is 0.564. The Hall–Kier alpha value is -2.68. The lowest BCUT2D eigenvalue weighted by Gasteiger charge is -2.16. The van der Waals surface area contributed by atoms with Crippen LogP contribution < -0.4 is 11.1 Å². The van der Waals surface area contributed by atoms with Crippen LogP contribution in [-0.4, -0.2) is 27.3 Å². The van der Waals surface area contributed by atoms with Crippen molar-refractivity contribution in [2.45, 2.75) is 32.2 Å². The van der Waals surface area contributed by atoms with Crippen molar-refractivity contribution in [2.75, 3.05) is 12.3 Å². The van der Waals surface area contributed by atoms with E-state index in [1.54, 1.807) is 0 Å². The molecule has 0 fully saturated rings. The Morgan fingerprint density at radius 3 is 3.00 bits per heavy atom. The molecule has 1 atom stereocenters. The van der Waals surface area contributed by atoms with Crippen LogP contribution in [0.5, 0.6) is 0 Å². The molecule has 0 radical (unpaired) electrons. The minimum atomic E-state index is -0.989. The Kier molecular flexibility index (Phi) is 4.89. The molecule has 116 valence electrons. The number of carbonyl (C=O) groups is 1. The normalized spacial score (nSPS) is 12.0. The van der Waals surface area contributed by atoms with Crippen LogP contribution in [0.3, 0.4) is 0 Å². The first-order valence-corrected chi connectivity index (χ1v) is 7.24. The summed E-state index contributed by atoms with van der Waals surface area (Å²) in [6, 6.07) is 5.79. The smallest absolute Gasteiger partial charge is 0.404 e. The molecule has 0 unspecified atom stereocenters. The van der Waals surface area contributed by atoms with E-state index in [-0.39, 0.29) is 6.04 Å². The number of aromatic nitrogens is 2. The van der Waals surface area contributed by atoms with Gasteiger partial charge in [0.15, 0.2) is 0 Å². The maximum absolute atomic E-state index is 10.4. The van der Waals surface area contributed by atoms with Crippen molar-refractivity contribution in [3.63, 3.8) is 0 Å². The zero-order valence-corrected chi connectivity index (χ0v) is 12.5. The molecule has 1 heterocycles. The highest BCUT2D eigenvalue weighted by Crippen LogP contribution is 2.27. The third kappa shape index (κ3) is 3.31. The number of para-hydroxylation sites is 1. The lowest BCUT2D eigenvalue weighted by atomic mass is 10.1. The zero-order chi connectivity index (χ0) is 16.1. The van der Waals surface area contributed by atoms with Gasteiger partial charge in [0.25, 0.3) is 0 Å². The molecular formula is C16H20N4O2. The molecule has 0 saturated heterocycles. The average Bonchev–Trinajstić information content (AvgIpc) is 2.82. The molecule has 0 saturated carbocycles. The number of nitrogens with one attached hydrogen (secondary N) is 1. The molecule has 2 rings (SSSR count). The first-order valence-electron chi connectivity index (χ1n) is 7.24. The molecule has 1 aromatic heterocycles. The van der Waals surface area contributed by atoms with Gasteiger partial charge in [-0.3, -0.25) is 0 Å². The third-order valence-electron chi connectivity index (χ3n) is 3.66. The average molecular weight is 300 g/mol. The van der Waals surface area contributed by atoms with Gasteiger partial charge in [-0.1, -0.05) is 12.0 Å². The van der Waals surface area contributed by atoms with E-state index < -0.39 is 6.09 Å². The lowest BCUT2D eigenvalue weighted by Crippen LogP contribution is -2.21. The predicted molar refractivity (Wildman–Crippen MR) is 86.7 cm³/mol. The molecule has 0 bridgehead atoms. The first-order chi connectivity index (χ1) is 10.5. The van der Waals surface area contributed by atoms with Gasteiger partial charge in [-0.2, -0.15) is 0 Å². The molecule has 6 nitrogen and oxygen atoms in total. The van der Waals surface area contributed by atoms with Crippen molar-refractivity contribution < 1.29 is 9.90 Å². The van der Waals surface area contributed by atoms with Gasteiger partial charge in [0.05, 0.1) is 16.6 Å². The molecule has 0 aliphatic rings. The summed E-state index contributed by atoms with van der Waals surface area (Å²) < 4.78 is 1.97. The van der Waals surface area contributed by atoms with Gasteiger partial charge >= 0.3 is 6.09 Å². The number of rotatable bonds is 6.